The van der Waals surface area contributed by atoms with E-state index in [2.05, 4.69) is 14.9 Å². The maximum atomic E-state index is 11.3. The normalized spacial score (nSPS) is 20.5. The smallest absolute Gasteiger partial charge is 0.268 e. The summed E-state index contributed by atoms with van der Waals surface area (Å²) >= 11 is 6.09. The van der Waals surface area contributed by atoms with Gasteiger partial charge in [0.05, 0.1) is 19.0 Å². The molecule has 6 nitrogen and oxygen atoms in total. The van der Waals surface area contributed by atoms with E-state index in [1.54, 1.807) is 6.20 Å². The van der Waals surface area contributed by atoms with Crippen LogP contribution in [0, 0.1) is 5.41 Å². The molecule has 1 saturated heterocycles. The van der Waals surface area contributed by atoms with Crippen molar-refractivity contribution in [3.05, 3.63) is 52.9 Å². The third-order valence-corrected chi connectivity index (χ3v) is 4.90. The standard InChI is InChI=1S/C18H21ClN4O2/c19-14-4-1-3-13(7-14)8-18(12-24)5-2-6-23(11-18)16-10-21-9-15(22-16)17(20)25/h1,3-4,7,9-10,24H,2,5-6,8,11-12H2,(H2,20,25)/t18-/m1/s1. The number of nitrogens with zero attached hydrogens (tertiary/aromatic N) is 3. The van der Waals surface area contributed by atoms with Gasteiger partial charge in [-0.25, -0.2) is 4.98 Å². The Morgan fingerprint density at radius 1 is 1.40 bits per heavy atom. The van der Waals surface area contributed by atoms with Crippen LogP contribution < -0.4 is 10.6 Å². The second kappa shape index (κ2) is 7.37. The lowest BCUT2D eigenvalue weighted by molar-refractivity contribution is 0.0993. The zero-order valence-corrected chi connectivity index (χ0v) is 14.6. The Morgan fingerprint density at radius 3 is 2.96 bits per heavy atom. The lowest BCUT2D eigenvalue weighted by Crippen LogP contribution is -2.47. The first-order valence-corrected chi connectivity index (χ1v) is 8.61. The van der Waals surface area contributed by atoms with Crippen molar-refractivity contribution in [3.8, 4) is 0 Å². The molecule has 7 heteroatoms. The van der Waals surface area contributed by atoms with Crippen molar-refractivity contribution in [2.45, 2.75) is 19.3 Å². The lowest BCUT2D eigenvalue weighted by Gasteiger charge is -2.42. The van der Waals surface area contributed by atoms with Gasteiger partial charge in [-0.2, -0.15) is 0 Å². The number of hydrogen-bond acceptors (Lipinski definition) is 5. The minimum absolute atomic E-state index is 0.0684. The number of carbonyl (C=O) groups excluding carboxylic acids is 1. The van der Waals surface area contributed by atoms with Gasteiger partial charge in [0.25, 0.3) is 5.91 Å². The molecule has 2 aromatic rings. The van der Waals surface area contributed by atoms with E-state index in [4.69, 9.17) is 17.3 Å². The summed E-state index contributed by atoms with van der Waals surface area (Å²) < 4.78 is 0. The molecule has 0 bridgehead atoms. The number of carbonyl (C=O) groups is 1. The molecule has 0 saturated carbocycles. The molecule has 2 heterocycles. The largest absolute Gasteiger partial charge is 0.396 e. The number of rotatable bonds is 5. The SMILES string of the molecule is NC(=O)c1cncc(N2CCC[C@@](CO)(Cc3cccc(Cl)c3)C2)n1. The quantitative estimate of drug-likeness (QED) is 0.851. The van der Waals surface area contributed by atoms with E-state index >= 15 is 0 Å². The highest BCUT2D eigenvalue weighted by molar-refractivity contribution is 6.30. The molecule has 3 rings (SSSR count). The third-order valence-electron chi connectivity index (χ3n) is 4.66. The number of benzene rings is 1. The summed E-state index contributed by atoms with van der Waals surface area (Å²) in [5, 5.41) is 10.8. The highest BCUT2D eigenvalue weighted by Gasteiger charge is 2.36. The van der Waals surface area contributed by atoms with Crippen LogP contribution in [-0.4, -0.2) is 40.7 Å². The summed E-state index contributed by atoms with van der Waals surface area (Å²) in [6.07, 6.45) is 5.54. The molecular formula is C18H21ClN4O2. The van der Waals surface area contributed by atoms with Gasteiger partial charge in [-0.15, -0.1) is 0 Å². The Balaban J connectivity index is 1.82. The van der Waals surface area contributed by atoms with Gasteiger partial charge in [0.2, 0.25) is 0 Å². The number of halogens is 1. The fourth-order valence-electron chi connectivity index (χ4n) is 3.44. The van der Waals surface area contributed by atoms with Gasteiger partial charge in [0.15, 0.2) is 0 Å². The van der Waals surface area contributed by atoms with Crippen LogP contribution in [0.2, 0.25) is 5.02 Å². The summed E-state index contributed by atoms with van der Waals surface area (Å²) in [6.45, 7) is 1.50. The fraction of sp³-hybridized carbons (Fsp3) is 0.389. The average Bonchev–Trinajstić information content (AvgIpc) is 2.62. The van der Waals surface area contributed by atoms with Crippen molar-refractivity contribution in [2.75, 3.05) is 24.6 Å². The first kappa shape index (κ1) is 17.6. The molecule has 0 spiro atoms. The van der Waals surface area contributed by atoms with Crippen LogP contribution in [0.4, 0.5) is 5.82 Å². The molecule has 1 aromatic heterocycles. The van der Waals surface area contributed by atoms with Crippen molar-refractivity contribution in [1.82, 2.24) is 9.97 Å². The number of anilines is 1. The van der Waals surface area contributed by atoms with Crippen LogP contribution >= 0.6 is 11.6 Å². The van der Waals surface area contributed by atoms with Crippen LogP contribution in [0.3, 0.4) is 0 Å². The summed E-state index contributed by atoms with van der Waals surface area (Å²) in [7, 11) is 0. The molecule has 0 aliphatic carbocycles. The first-order chi connectivity index (χ1) is 12.0. The summed E-state index contributed by atoms with van der Waals surface area (Å²) in [5.41, 5.74) is 6.25. The van der Waals surface area contributed by atoms with E-state index < -0.39 is 5.91 Å². The van der Waals surface area contributed by atoms with E-state index in [9.17, 15) is 9.90 Å². The van der Waals surface area contributed by atoms with E-state index in [0.717, 1.165) is 31.4 Å². The number of primary amides is 1. The summed E-state index contributed by atoms with van der Waals surface area (Å²) in [5.74, 6) is 0.0126. The molecule has 1 aliphatic heterocycles. The topological polar surface area (TPSA) is 92.3 Å². The number of amides is 1. The average molecular weight is 361 g/mol. The van der Waals surface area contributed by atoms with Crippen molar-refractivity contribution < 1.29 is 9.90 Å². The summed E-state index contributed by atoms with van der Waals surface area (Å²) in [4.78, 5) is 21.8. The molecule has 1 atom stereocenters. The number of nitrogens with two attached hydrogens (primary N) is 1. The second-order valence-corrected chi connectivity index (χ2v) is 7.05. The zero-order valence-electron chi connectivity index (χ0n) is 13.9. The van der Waals surface area contributed by atoms with E-state index in [0.29, 0.717) is 17.4 Å². The maximum Gasteiger partial charge on any atom is 0.268 e. The van der Waals surface area contributed by atoms with Crippen LogP contribution in [0.25, 0.3) is 0 Å². The molecule has 1 amide bonds. The number of aliphatic hydroxyl groups is 1. The van der Waals surface area contributed by atoms with E-state index in [-0.39, 0.29) is 17.7 Å². The number of aliphatic hydroxyl groups excluding tert-OH is 1. The van der Waals surface area contributed by atoms with Gasteiger partial charge in [-0.3, -0.25) is 9.78 Å². The Hall–Kier alpha value is -2.18. The molecule has 25 heavy (non-hydrogen) atoms. The highest BCUT2D eigenvalue weighted by Crippen LogP contribution is 2.35. The molecule has 1 fully saturated rings. The van der Waals surface area contributed by atoms with Gasteiger partial charge in [0, 0.05) is 23.5 Å². The fourth-order valence-corrected chi connectivity index (χ4v) is 3.65. The van der Waals surface area contributed by atoms with Crippen LogP contribution in [0.5, 0.6) is 0 Å². The molecule has 1 aliphatic rings. The number of piperidine rings is 1. The van der Waals surface area contributed by atoms with Crippen molar-refractivity contribution in [3.63, 3.8) is 0 Å². The third kappa shape index (κ3) is 4.08. The van der Waals surface area contributed by atoms with Gasteiger partial charge >= 0.3 is 0 Å². The predicted octanol–water partition coefficient (Wildman–Crippen LogP) is 2.05. The Bertz CT molecular complexity index is 770. The number of hydrogen-bond donors (Lipinski definition) is 2. The van der Waals surface area contributed by atoms with Gasteiger partial charge < -0.3 is 15.7 Å². The molecule has 0 unspecified atom stereocenters. The maximum absolute atomic E-state index is 11.3. The van der Waals surface area contributed by atoms with Crippen LogP contribution in [-0.2, 0) is 6.42 Å². The molecular weight excluding hydrogens is 340 g/mol. The van der Waals surface area contributed by atoms with Crippen molar-refractivity contribution >= 4 is 23.3 Å². The van der Waals surface area contributed by atoms with Crippen molar-refractivity contribution in [1.29, 1.82) is 0 Å². The lowest BCUT2D eigenvalue weighted by atomic mass is 9.76. The van der Waals surface area contributed by atoms with Gasteiger partial charge in [-0.05, 0) is 37.0 Å². The second-order valence-electron chi connectivity index (χ2n) is 6.62. The Kier molecular flexibility index (Phi) is 5.20. The minimum Gasteiger partial charge on any atom is -0.396 e. The molecule has 132 valence electrons. The minimum atomic E-state index is -0.598. The molecule has 0 radical (unpaired) electrons. The van der Waals surface area contributed by atoms with Gasteiger partial charge in [-0.1, -0.05) is 23.7 Å². The highest BCUT2D eigenvalue weighted by atomic mass is 35.5. The Labute approximate surface area is 151 Å². The van der Waals surface area contributed by atoms with Crippen LogP contribution in [0.1, 0.15) is 28.9 Å². The van der Waals surface area contributed by atoms with E-state index in [1.807, 2.05) is 24.3 Å². The first-order valence-electron chi connectivity index (χ1n) is 8.23. The Morgan fingerprint density at radius 2 is 2.24 bits per heavy atom. The molecule has 1 aromatic carbocycles. The number of aromatic nitrogens is 2. The van der Waals surface area contributed by atoms with Gasteiger partial charge in [0.1, 0.15) is 11.5 Å². The summed E-state index contributed by atoms with van der Waals surface area (Å²) in [6, 6.07) is 7.72. The molecule has 3 N–H and O–H groups in total. The van der Waals surface area contributed by atoms with E-state index in [1.165, 1.54) is 6.20 Å². The van der Waals surface area contributed by atoms with Crippen molar-refractivity contribution in [2.24, 2.45) is 11.1 Å². The monoisotopic (exact) mass is 360 g/mol. The van der Waals surface area contributed by atoms with Crippen LogP contribution in [0.15, 0.2) is 36.7 Å². The predicted molar refractivity (Wildman–Crippen MR) is 96.7 cm³/mol. The zero-order chi connectivity index (χ0) is 17.9.